The maximum Gasteiger partial charge on any atom is 0.253 e. The Hall–Kier alpha value is -2.33. The van der Waals surface area contributed by atoms with Gasteiger partial charge in [0.05, 0.1) is 0 Å². The van der Waals surface area contributed by atoms with Crippen LogP contribution in [0.1, 0.15) is 36.5 Å². The zero-order chi connectivity index (χ0) is 19.3. The lowest BCUT2D eigenvalue weighted by Crippen LogP contribution is -2.42. The molecule has 2 atom stereocenters. The summed E-state index contributed by atoms with van der Waals surface area (Å²) in [6, 6.07) is 18.5. The van der Waals surface area contributed by atoms with E-state index in [1.807, 2.05) is 18.2 Å². The topological polar surface area (TPSA) is 35.6 Å². The zero-order valence-electron chi connectivity index (χ0n) is 16.8. The molecule has 2 saturated heterocycles. The molecule has 2 fully saturated rings. The third-order valence-electron chi connectivity index (χ3n) is 6.32. The number of nitrogens with zero attached hydrogens (tertiary/aromatic N) is 2. The Morgan fingerprint density at radius 3 is 2.46 bits per heavy atom. The SMILES string of the molecule is CCN(c1ccccc1)c1ccc(C(=O)N2CCCC(C3CCNC3)C2)cc1. The van der Waals surface area contributed by atoms with E-state index in [4.69, 9.17) is 0 Å². The van der Waals surface area contributed by atoms with Crippen molar-refractivity contribution in [3.8, 4) is 0 Å². The van der Waals surface area contributed by atoms with Crippen LogP contribution in [0, 0.1) is 11.8 Å². The van der Waals surface area contributed by atoms with Crippen LogP contribution in [0.5, 0.6) is 0 Å². The number of carbonyl (C=O) groups is 1. The van der Waals surface area contributed by atoms with Crippen LogP contribution in [0.4, 0.5) is 11.4 Å². The second kappa shape index (κ2) is 8.78. The van der Waals surface area contributed by atoms with Gasteiger partial charge in [-0.25, -0.2) is 0 Å². The third-order valence-corrected chi connectivity index (χ3v) is 6.32. The number of benzene rings is 2. The molecule has 2 aromatic carbocycles. The standard InChI is InChI=1S/C24H31N3O/c1-2-27(22-8-4-3-5-9-22)23-12-10-19(11-13-23)24(28)26-16-6-7-21(18-26)20-14-15-25-17-20/h3-5,8-13,20-21,25H,2,6-7,14-18H2,1H3. The summed E-state index contributed by atoms with van der Waals surface area (Å²) in [6.45, 7) is 7.10. The number of para-hydroxylation sites is 1. The molecule has 2 aliphatic heterocycles. The highest BCUT2D eigenvalue weighted by molar-refractivity contribution is 5.94. The fraction of sp³-hybridized carbons (Fsp3) is 0.458. The highest BCUT2D eigenvalue weighted by atomic mass is 16.2. The van der Waals surface area contributed by atoms with Crippen LogP contribution < -0.4 is 10.2 Å². The Morgan fingerprint density at radius 2 is 1.79 bits per heavy atom. The number of piperidine rings is 1. The molecule has 2 heterocycles. The van der Waals surface area contributed by atoms with Gasteiger partial charge >= 0.3 is 0 Å². The lowest BCUT2D eigenvalue weighted by Gasteiger charge is -2.35. The van der Waals surface area contributed by atoms with Crippen molar-refractivity contribution in [2.45, 2.75) is 26.2 Å². The van der Waals surface area contributed by atoms with E-state index in [2.05, 4.69) is 58.4 Å². The minimum absolute atomic E-state index is 0.185. The van der Waals surface area contributed by atoms with Crippen molar-refractivity contribution < 1.29 is 4.79 Å². The second-order valence-electron chi connectivity index (χ2n) is 8.03. The molecule has 4 heteroatoms. The fourth-order valence-corrected chi connectivity index (χ4v) is 4.75. The Kier molecular flexibility index (Phi) is 5.96. The molecule has 4 nitrogen and oxygen atoms in total. The number of amides is 1. The van der Waals surface area contributed by atoms with Gasteiger partial charge in [-0.05, 0) is 87.5 Å². The average Bonchev–Trinajstić information content (AvgIpc) is 3.30. The van der Waals surface area contributed by atoms with Crippen LogP contribution in [0.15, 0.2) is 54.6 Å². The molecule has 2 aromatic rings. The number of carbonyl (C=O) groups excluding carboxylic acids is 1. The quantitative estimate of drug-likeness (QED) is 0.843. The van der Waals surface area contributed by atoms with Gasteiger partial charge in [0, 0.05) is 36.6 Å². The van der Waals surface area contributed by atoms with E-state index in [1.54, 1.807) is 0 Å². The first-order valence-corrected chi connectivity index (χ1v) is 10.7. The van der Waals surface area contributed by atoms with Crippen molar-refractivity contribution >= 4 is 17.3 Å². The number of likely N-dealkylation sites (tertiary alicyclic amines) is 1. The Balaban J connectivity index is 1.45. The fourth-order valence-electron chi connectivity index (χ4n) is 4.75. The average molecular weight is 378 g/mol. The molecule has 4 rings (SSSR count). The number of hydrogen-bond donors (Lipinski definition) is 1. The van der Waals surface area contributed by atoms with Crippen LogP contribution in [-0.4, -0.2) is 43.5 Å². The molecule has 148 valence electrons. The van der Waals surface area contributed by atoms with E-state index in [1.165, 1.54) is 18.5 Å². The lowest BCUT2D eigenvalue weighted by molar-refractivity contribution is 0.0634. The van der Waals surface area contributed by atoms with Crippen molar-refractivity contribution in [3.05, 3.63) is 60.2 Å². The number of nitrogens with one attached hydrogen (secondary N) is 1. The molecule has 0 radical (unpaired) electrons. The van der Waals surface area contributed by atoms with Crippen molar-refractivity contribution in [3.63, 3.8) is 0 Å². The number of hydrogen-bond acceptors (Lipinski definition) is 3. The van der Waals surface area contributed by atoms with E-state index < -0.39 is 0 Å². The summed E-state index contributed by atoms with van der Waals surface area (Å²) in [7, 11) is 0. The summed E-state index contributed by atoms with van der Waals surface area (Å²) < 4.78 is 0. The molecule has 2 unspecified atom stereocenters. The molecule has 28 heavy (non-hydrogen) atoms. The van der Waals surface area contributed by atoms with E-state index in [9.17, 15) is 4.79 Å². The Labute approximate surface area is 168 Å². The highest BCUT2D eigenvalue weighted by Crippen LogP contribution is 2.29. The predicted octanol–water partition coefficient (Wildman–Crippen LogP) is 4.31. The van der Waals surface area contributed by atoms with Gasteiger partial charge in [-0.15, -0.1) is 0 Å². The van der Waals surface area contributed by atoms with Crippen LogP contribution in [0.3, 0.4) is 0 Å². The van der Waals surface area contributed by atoms with Crippen molar-refractivity contribution in [1.29, 1.82) is 0 Å². The summed E-state index contributed by atoms with van der Waals surface area (Å²) in [5.74, 6) is 1.58. The maximum atomic E-state index is 13.1. The summed E-state index contributed by atoms with van der Waals surface area (Å²) >= 11 is 0. The molecular formula is C24H31N3O. The Morgan fingerprint density at radius 1 is 1.04 bits per heavy atom. The van der Waals surface area contributed by atoms with Gasteiger partial charge in [-0.2, -0.15) is 0 Å². The van der Waals surface area contributed by atoms with E-state index in [-0.39, 0.29) is 5.91 Å². The molecular weight excluding hydrogens is 346 g/mol. The molecule has 0 spiro atoms. The smallest absolute Gasteiger partial charge is 0.253 e. The first kappa shape index (κ1) is 19.0. The first-order valence-electron chi connectivity index (χ1n) is 10.7. The molecule has 2 aliphatic rings. The lowest BCUT2D eigenvalue weighted by atomic mass is 9.84. The summed E-state index contributed by atoms with van der Waals surface area (Å²) in [6.07, 6.45) is 3.65. The van der Waals surface area contributed by atoms with Gasteiger partial charge in [0.1, 0.15) is 0 Å². The van der Waals surface area contributed by atoms with E-state index >= 15 is 0 Å². The second-order valence-corrected chi connectivity index (χ2v) is 8.03. The molecule has 1 N–H and O–H groups in total. The zero-order valence-corrected chi connectivity index (χ0v) is 16.8. The van der Waals surface area contributed by atoms with Gasteiger partial charge in [-0.1, -0.05) is 18.2 Å². The van der Waals surface area contributed by atoms with Gasteiger partial charge in [0.2, 0.25) is 0 Å². The van der Waals surface area contributed by atoms with Crippen LogP contribution in [0.25, 0.3) is 0 Å². The minimum atomic E-state index is 0.185. The van der Waals surface area contributed by atoms with Gasteiger partial charge < -0.3 is 15.1 Å². The molecule has 0 bridgehead atoms. The van der Waals surface area contributed by atoms with Crippen molar-refractivity contribution in [1.82, 2.24) is 10.2 Å². The molecule has 0 aliphatic carbocycles. The van der Waals surface area contributed by atoms with Gasteiger partial charge in [0.15, 0.2) is 0 Å². The van der Waals surface area contributed by atoms with Crippen LogP contribution in [0.2, 0.25) is 0 Å². The highest BCUT2D eigenvalue weighted by Gasteiger charge is 2.31. The summed E-state index contributed by atoms with van der Waals surface area (Å²) in [5.41, 5.74) is 3.10. The van der Waals surface area contributed by atoms with Crippen LogP contribution >= 0.6 is 0 Å². The van der Waals surface area contributed by atoms with E-state index in [0.717, 1.165) is 56.3 Å². The third kappa shape index (κ3) is 4.07. The summed E-state index contributed by atoms with van der Waals surface area (Å²) in [5, 5.41) is 3.47. The van der Waals surface area contributed by atoms with Crippen molar-refractivity contribution in [2.24, 2.45) is 11.8 Å². The number of anilines is 2. The maximum absolute atomic E-state index is 13.1. The molecule has 1 amide bonds. The normalized spacial score (nSPS) is 22.2. The largest absolute Gasteiger partial charge is 0.342 e. The minimum Gasteiger partial charge on any atom is -0.342 e. The summed E-state index contributed by atoms with van der Waals surface area (Å²) in [4.78, 5) is 17.4. The number of rotatable bonds is 5. The Bertz CT molecular complexity index is 768. The van der Waals surface area contributed by atoms with Gasteiger partial charge in [-0.3, -0.25) is 4.79 Å². The monoisotopic (exact) mass is 377 g/mol. The van der Waals surface area contributed by atoms with Crippen molar-refractivity contribution in [2.75, 3.05) is 37.6 Å². The van der Waals surface area contributed by atoms with Crippen LogP contribution in [-0.2, 0) is 0 Å². The predicted molar refractivity (Wildman–Crippen MR) is 115 cm³/mol. The first-order chi connectivity index (χ1) is 13.8. The van der Waals surface area contributed by atoms with Gasteiger partial charge in [0.25, 0.3) is 5.91 Å². The van der Waals surface area contributed by atoms with E-state index in [0.29, 0.717) is 5.92 Å². The molecule has 0 aromatic heterocycles. The molecule has 0 saturated carbocycles.